The number of carbonyl (C=O) groups is 1. The molecular formula is C17H31ClN4O3S. The van der Waals surface area contributed by atoms with Gasteiger partial charge in [0.2, 0.25) is 15.9 Å². The number of nitrogens with zero attached hydrogens (tertiary/aromatic N) is 1. The maximum atomic E-state index is 12.7. The smallest absolute Gasteiger partial charge is 0.243 e. The Morgan fingerprint density at radius 1 is 1.08 bits per heavy atom. The first kappa shape index (κ1) is 24.7. The van der Waals surface area contributed by atoms with Crippen LogP contribution < -0.4 is 16.0 Å². The molecule has 26 heavy (non-hydrogen) atoms. The van der Waals surface area contributed by atoms with Crippen LogP contribution in [0.1, 0.15) is 33.6 Å². The predicted molar refractivity (Wildman–Crippen MR) is 110 cm³/mol. The highest BCUT2D eigenvalue weighted by Gasteiger charge is 2.23. The number of rotatable bonds is 11. The fourth-order valence-corrected chi connectivity index (χ4v) is 3.85. The van der Waals surface area contributed by atoms with E-state index in [1.165, 1.54) is 10.4 Å². The van der Waals surface area contributed by atoms with Crippen LogP contribution in [0.4, 0.5) is 11.4 Å². The van der Waals surface area contributed by atoms with E-state index in [-0.39, 0.29) is 23.2 Å². The third-order valence-corrected chi connectivity index (χ3v) is 5.82. The zero-order valence-electron chi connectivity index (χ0n) is 16.0. The molecule has 0 fully saturated rings. The van der Waals surface area contributed by atoms with Crippen LogP contribution >= 0.6 is 12.4 Å². The molecular weight excluding hydrogens is 376 g/mol. The number of amides is 1. The number of benzene rings is 1. The molecule has 0 aliphatic heterocycles. The van der Waals surface area contributed by atoms with Gasteiger partial charge in [-0.25, -0.2) is 8.42 Å². The summed E-state index contributed by atoms with van der Waals surface area (Å²) in [4.78, 5) is 12.2. The van der Waals surface area contributed by atoms with Crippen molar-refractivity contribution in [3.05, 3.63) is 18.2 Å². The summed E-state index contributed by atoms with van der Waals surface area (Å²) in [6.45, 7) is 7.74. The van der Waals surface area contributed by atoms with Crippen LogP contribution in [0.15, 0.2) is 23.1 Å². The number of anilines is 2. The van der Waals surface area contributed by atoms with E-state index in [2.05, 4.69) is 16.0 Å². The molecule has 0 aliphatic carbocycles. The summed E-state index contributed by atoms with van der Waals surface area (Å²) in [7, 11) is -1.80. The van der Waals surface area contributed by atoms with Crippen molar-refractivity contribution < 1.29 is 13.2 Å². The third-order valence-electron chi connectivity index (χ3n) is 3.78. The summed E-state index contributed by atoms with van der Waals surface area (Å²) in [5, 5.41) is 8.96. The minimum atomic E-state index is -3.57. The Morgan fingerprint density at radius 2 is 1.73 bits per heavy atom. The van der Waals surface area contributed by atoms with Crippen molar-refractivity contribution in [2.45, 2.75) is 38.5 Å². The van der Waals surface area contributed by atoms with Gasteiger partial charge in [0.25, 0.3) is 0 Å². The monoisotopic (exact) mass is 406 g/mol. The summed E-state index contributed by atoms with van der Waals surface area (Å²) in [5.74, 6) is -0.161. The maximum absolute atomic E-state index is 12.7. The molecule has 0 heterocycles. The molecule has 1 aromatic rings. The predicted octanol–water partition coefficient (Wildman–Crippen LogP) is 2.51. The fraction of sp³-hybridized carbons (Fsp3) is 0.588. The van der Waals surface area contributed by atoms with Gasteiger partial charge in [0.1, 0.15) is 0 Å². The van der Waals surface area contributed by atoms with Gasteiger partial charge in [-0.2, -0.15) is 4.31 Å². The lowest BCUT2D eigenvalue weighted by Crippen LogP contribution is -2.30. The van der Waals surface area contributed by atoms with E-state index in [4.69, 9.17) is 0 Å². The molecule has 0 unspecified atom stereocenters. The molecule has 1 aromatic carbocycles. The zero-order valence-corrected chi connectivity index (χ0v) is 17.6. The van der Waals surface area contributed by atoms with Crippen molar-refractivity contribution in [3.8, 4) is 0 Å². The summed E-state index contributed by atoms with van der Waals surface area (Å²) in [6, 6.07) is 4.82. The molecule has 150 valence electrons. The van der Waals surface area contributed by atoms with Gasteiger partial charge in [-0.05, 0) is 31.7 Å². The lowest BCUT2D eigenvalue weighted by atomic mass is 10.2. The summed E-state index contributed by atoms with van der Waals surface area (Å²) < 4.78 is 26.8. The van der Waals surface area contributed by atoms with Gasteiger partial charge in [-0.15, -0.1) is 12.4 Å². The fourth-order valence-electron chi connectivity index (χ4n) is 2.36. The number of carbonyl (C=O) groups excluding carboxylic acids is 1. The molecule has 3 N–H and O–H groups in total. The third kappa shape index (κ3) is 6.75. The quantitative estimate of drug-likeness (QED) is 0.525. The van der Waals surface area contributed by atoms with Crippen molar-refractivity contribution in [2.75, 3.05) is 43.9 Å². The Morgan fingerprint density at radius 3 is 2.27 bits per heavy atom. The number of hydrogen-bond acceptors (Lipinski definition) is 5. The molecule has 1 rings (SSSR count). The van der Waals surface area contributed by atoms with Crippen molar-refractivity contribution in [3.63, 3.8) is 0 Å². The van der Waals surface area contributed by atoms with Crippen LogP contribution in [-0.2, 0) is 14.8 Å². The second-order valence-electron chi connectivity index (χ2n) is 5.63. The molecule has 0 aliphatic rings. The van der Waals surface area contributed by atoms with Crippen molar-refractivity contribution in [2.24, 2.45) is 0 Å². The van der Waals surface area contributed by atoms with E-state index in [1.54, 1.807) is 33.0 Å². The molecule has 1 amide bonds. The Kier molecular flexibility index (Phi) is 11.5. The molecule has 7 nitrogen and oxygen atoms in total. The van der Waals surface area contributed by atoms with Crippen LogP contribution in [0.2, 0.25) is 0 Å². The van der Waals surface area contributed by atoms with Gasteiger partial charge in [0.15, 0.2) is 0 Å². The van der Waals surface area contributed by atoms with Gasteiger partial charge >= 0.3 is 0 Å². The highest BCUT2D eigenvalue weighted by Crippen LogP contribution is 2.27. The van der Waals surface area contributed by atoms with E-state index in [1.807, 2.05) is 6.92 Å². The average molecular weight is 407 g/mol. The highest BCUT2D eigenvalue weighted by atomic mass is 35.5. The summed E-state index contributed by atoms with van der Waals surface area (Å²) >= 11 is 0. The van der Waals surface area contributed by atoms with Crippen LogP contribution in [0.5, 0.6) is 0 Å². The second kappa shape index (κ2) is 12.1. The Bertz CT molecular complexity index is 664. The highest BCUT2D eigenvalue weighted by molar-refractivity contribution is 7.89. The minimum absolute atomic E-state index is 0. The maximum Gasteiger partial charge on any atom is 0.243 e. The molecule has 9 heteroatoms. The molecule has 0 radical (unpaired) electrons. The molecule has 0 spiro atoms. The first-order chi connectivity index (χ1) is 11.9. The van der Waals surface area contributed by atoms with Crippen molar-refractivity contribution in [1.29, 1.82) is 0 Å². The summed E-state index contributed by atoms with van der Waals surface area (Å²) in [6.07, 6.45) is 1.24. The Hall–Kier alpha value is -1.35. The number of nitrogens with one attached hydrogen (secondary N) is 3. The molecule has 0 aromatic heterocycles. The van der Waals surface area contributed by atoms with E-state index >= 15 is 0 Å². The largest absolute Gasteiger partial charge is 0.383 e. The lowest BCUT2D eigenvalue weighted by molar-refractivity contribution is -0.116. The Balaban J connectivity index is 0.00000625. The van der Waals surface area contributed by atoms with Gasteiger partial charge in [-0.1, -0.05) is 20.8 Å². The van der Waals surface area contributed by atoms with Gasteiger partial charge in [0, 0.05) is 32.6 Å². The van der Waals surface area contributed by atoms with Crippen molar-refractivity contribution >= 4 is 39.7 Å². The lowest BCUT2D eigenvalue weighted by Gasteiger charge is -2.20. The molecule has 0 bridgehead atoms. The van der Waals surface area contributed by atoms with Crippen LogP contribution in [-0.4, -0.2) is 51.9 Å². The zero-order chi connectivity index (χ0) is 18.9. The summed E-state index contributed by atoms with van der Waals surface area (Å²) in [5.41, 5.74) is 1.21. The standard InChI is InChI=1S/C17H30N4O3S.ClH/c1-5-11-19-15-9-8-14(25(23,24)21(6-2)7-3)13-16(15)20-17(22)10-12-18-4;/h8-9,13,18-19H,5-7,10-12H2,1-4H3,(H,20,22);1H. The molecule has 0 atom stereocenters. The normalized spacial score (nSPS) is 11.1. The topological polar surface area (TPSA) is 90.5 Å². The van der Waals surface area contributed by atoms with E-state index in [9.17, 15) is 13.2 Å². The number of halogens is 1. The van der Waals surface area contributed by atoms with Gasteiger partial charge in [-0.3, -0.25) is 4.79 Å². The molecule has 0 saturated heterocycles. The second-order valence-corrected chi connectivity index (χ2v) is 7.56. The first-order valence-electron chi connectivity index (χ1n) is 8.73. The average Bonchev–Trinajstić information content (AvgIpc) is 2.59. The Labute approximate surface area is 163 Å². The SMILES string of the molecule is CCCNc1ccc(S(=O)(=O)N(CC)CC)cc1NC(=O)CCNC.Cl. The van der Waals surface area contributed by atoms with Gasteiger partial charge in [0.05, 0.1) is 16.3 Å². The van der Waals surface area contributed by atoms with Crippen LogP contribution in [0.3, 0.4) is 0 Å². The van der Waals surface area contributed by atoms with E-state index in [0.717, 1.165) is 18.7 Å². The van der Waals surface area contributed by atoms with Crippen LogP contribution in [0.25, 0.3) is 0 Å². The minimum Gasteiger partial charge on any atom is -0.383 e. The van der Waals surface area contributed by atoms with Gasteiger partial charge < -0.3 is 16.0 Å². The molecule has 0 saturated carbocycles. The number of hydrogen-bond donors (Lipinski definition) is 3. The first-order valence-corrected chi connectivity index (χ1v) is 10.2. The van der Waals surface area contributed by atoms with Crippen molar-refractivity contribution in [1.82, 2.24) is 9.62 Å². The number of sulfonamides is 1. The van der Waals surface area contributed by atoms with Crippen LogP contribution in [0, 0.1) is 0 Å². The van der Waals surface area contributed by atoms with E-state index < -0.39 is 10.0 Å². The van der Waals surface area contributed by atoms with E-state index in [0.29, 0.717) is 31.7 Å².